The SMILES string of the molecule is COC1C(COCC(=O)ON)OC(C)C(F)C1F. The third-order valence-electron chi connectivity index (χ3n) is 2.73. The van der Waals surface area contributed by atoms with Gasteiger partial charge in [0.2, 0.25) is 0 Å². The van der Waals surface area contributed by atoms with E-state index in [4.69, 9.17) is 14.2 Å². The monoisotopic (exact) mass is 269 g/mol. The molecule has 1 fully saturated rings. The number of hydrogen-bond donors (Lipinski definition) is 1. The molecule has 0 bridgehead atoms. The molecule has 1 heterocycles. The maximum atomic E-state index is 13.6. The smallest absolute Gasteiger partial charge is 0.350 e. The Balaban J connectivity index is 2.49. The van der Waals surface area contributed by atoms with Crippen LogP contribution in [0.5, 0.6) is 0 Å². The fraction of sp³-hybridized carbons (Fsp3) is 0.900. The molecule has 0 aromatic rings. The molecule has 1 rings (SSSR count). The average molecular weight is 269 g/mol. The number of nitrogens with two attached hydrogens (primary N) is 1. The summed E-state index contributed by atoms with van der Waals surface area (Å²) < 4.78 is 42.1. The van der Waals surface area contributed by atoms with Gasteiger partial charge in [-0.25, -0.2) is 13.6 Å². The molecule has 1 saturated heterocycles. The topological polar surface area (TPSA) is 80.0 Å². The van der Waals surface area contributed by atoms with Gasteiger partial charge in [0.05, 0.1) is 12.7 Å². The van der Waals surface area contributed by atoms with Crippen LogP contribution in [0.4, 0.5) is 8.78 Å². The molecule has 1 aliphatic heterocycles. The molecule has 18 heavy (non-hydrogen) atoms. The normalized spacial score (nSPS) is 36.4. The number of rotatable bonds is 5. The van der Waals surface area contributed by atoms with Crippen LogP contribution in [0.15, 0.2) is 0 Å². The lowest BCUT2D eigenvalue weighted by Gasteiger charge is -2.38. The van der Waals surface area contributed by atoms with Gasteiger partial charge in [0.1, 0.15) is 18.8 Å². The zero-order valence-corrected chi connectivity index (χ0v) is 10.2. The van der Waals surface area contributed by atoms with Crippen LogP contribution in [-0.2, 0) is 23.8 Å². The van der Waals surface area contributed by atoms with Crippen LogP contribution in [-0.4, -0.2) is 56.9 Å². The van der Waals surface area contributed by atoms with Crippen molar-refractivity contribution in [2.24, 2.45) is 5.90 Å². The van der Waals surface area contributed by atoms with Crippen molar-refractivity contribution in [1.82, 2.24) is 0 Å². The fourth-order valence-electron chi connectivity index (χ4n) is 1.78. The molecule has 106 valence electrons. The number of hydrogen-bond acceptors (Lipinski definition) is 6. The Hall–Kier alpha value is -0.830. The minimum atomic E-state index is -1.80. The molecule has 5 unspecified atom stereocenters. The van der Waals surface area contributed by atoms with Crippen molar-refractivity contribution >= 4 is 5.97 Å². The van der Waals surface area contributed by atoms with Gasteiger partial charge in [-0.3, -0.25) is 0 Å². The van der Waals surface area contributed by atoms with E-state index in [-0.39, 0.29) is 6.61 Å². The highest BCUT2D eigenvalue weighted by Gasteiger charge is 2.45. The largest absolute Gasteiger partial charge is 0.375 e. The summed E-state index contributed by atoms with van der Waals surface area (Å²) in [4.78, 5) is 14.6. The molecule has 1 aliphatic rings. The second kappa shape index (κ2) is 6.93. The Morgan fingerprint density at radius 1 is 1.39 bits per heavy atom. The van der Waals surface area contributed by atoms with Gasteiger partial charge >= 0.3 is 5.97 Å². The van der Waals surface area contributed by atoms with Crippen LogP contribution in [0, 0.1) is 0 Å². The minimum absolute atomic E-state index is 0.120. The lowest BCUT2D eigenvalue weighted by Crippen LogP contribution is -2.55. The van der Waals surface area contributed by atoms with E-state index in [2.05, 4.69) is 10.7 Å². The Labute approximate surface area is 103 Å². The quantitative estimate of drug-likeness (QED) is 0.702. The first kappa shape index (κ1) is 15.2. The molecule has 0 aliphatic carbocycles. The zero-order valence-electron chi connectivity index (χ0n) is 10.2. The number of methoxy groups -OCH3 is 1. The molecule has 6 nitrogen and oxygen atoms in total. The molecule has 0 radical (unpaired) electrons. The van der Waals surface area contributed by atoms with Gasteiger partial charge in [-0.05, 0) is 6.92 Å². The Morgan fingerprint density at radius 2 is 2.06 bits per heavy atom. The standard InChI is InChI=1S/C10H17F2NO5/c1-5-8(11)9(12)10(15-2)6(17-5)3-16-4-7(14)18-13/h5-6,8-10H,3-4,13H2,1-2H3. The van der Waals surface area contributed by atoms with E-state index in [1.165, 1.54) is 14.0 Å². The molecular weight excluding hydrogens is 252 g/mol. The van der Waals surface area contributed by atoms with E-state index in [9.17, 15) is 13.6 Å². The van der Waals surface area contributed by atoms with Crippen LogP contribution >= 0.6 is 0 Å². The van der Waals surface area contributed by atoms with Gasteiger partial charge in [0.15, 0.2) is 12.3 Å². The van der Waals surface area contributed by atoms with Crippen molar-refractivity contribution in [1.29, 1.82) is 0 Å². The Morgan fingerprint density at radius 3 is 2.61 bits per heavy atom. The molecule has 2 N–H and O–H groups in total. The Kier molecular flexibility index (Phi) is 5.86. The number of carbonyl (C=O) groups excluding carboxylic acids is 1. The van der Waals surface area contributed by atoms with Gasteiger partial charge in [-0.1, -0.05) is 0 Å². The Bertz CT molecular complexity index is 281. The maximum absolute atomic E-state index is 13.6. The first-order chi connectivity index (χ1) is 8.51. The van der Waals surface area contributed by atoms with E-state index in [0.29, 0.717) is 0 Å². The molecule has 0 amide bonds. The molecule has 0 spiro atoms. The van der Waals surface area contributed by atoms with Gasteiger partial charge in [0, 0.05) is 7.11 Å². The third-order valence-corrected chi connectivity index (χ3v) is 2.73. The summed E-state index contributed by atoms with van der Waals surface area (Å²) in [7, 11) is 1.25. The maximum Gasteiger partial charge on any atom is 0.350 e. The summed E-state index contributed by atoms with van der Waals surface area (Å²) in [6.45, 7) is 0.909. The summed E-state index contributed by atoms with van der Waals surface area (Å²) in [6.07, 6.45) is -6.32. The number of ether oxygens (including phenoxy) is 3. The van der Waals surface area contributed by atoms with E-state index in [1.54, 1.807) is 0 Å². The summed E-state index contributed by atoms with van der Waals surface area (Å²) in [5.74, 6) is 3.84. The molecule has 8 heteroatoms. The van der Waals surface area contributed by atoms with E-state index in [0.717, 1.165) is 0 Å². The van der Waals surface area contributed by atoms with Crippen molar-refractivity contribution in [3.8, 4) is 0 Å². The summed E-state index contributed by atoms with van der Waals surface area (Å²) in [5.41, 5.74) is 0. The highest BCUT2D eigenvalue weighted by Crippen LogP contribution is 2.27. The summed E-state index contributed by atoms with van der Waals surface area (Å²) >= 11 is 0. The molecule has 5 atom stereocenters. The number of carbonyl (C=O) groups is 1. The summed E-state index contributed by atoms with van der Waals surface area (Å²) in [5, 5.41) is 0. The van der Waals surface area contributed by atoms with Crippen LogP contribution in [0.1, 0.15) is 6.92 Å². The number of halogens is 2. The zero-order chi connectivity index (χ0) is 13.7. The van der Waals surface area contributed by atoms with Gasteiger partial charge in [-0.15, -0.1) is 0 Å². The molecular formula is C10H17F2NO5. The van der Waals surface area contributed by atoms with Crippen molar-refractivity contribution in [2.45, 2.75) is 37.6 Å². The highest BCUT2D eigenvalue weighted by molar-refractivity contribution is 5.70. The van der Waals surface area contributed by atoms with E-state index < -0.39 is 43.2 Å². The van der Waals surface area contributed by atoms with Gasteiger partial charge in [0.25, 0.3) is 0 Å². The third kappa shape index (κ3) is 3.58. The fourth-order valence-corrected chi connectivity index (χ4v) is 1.78. The molecule has 0 aromatic carbocycles. The predicted molar refractivity (Wildman–Crippen MR) is 56.0 cm³/mol. The molecule has 0 aromatic heterocycles. The highest BCUT2D eigenvalue weighted by atomic mass is 19.2. The van der Waals surface area contributed by atoms with Crippen LogP contribution < -0.4 is 5.90 Å². The first-order valence-corrected chi connectivity index (χ1v) is 5.45. The average Bonchev–Trinajstić information content (AvgIpc) is 2.36. The lowest BCUT2D eigenvalue weighted by atomic mass is 9.98. The summed E-state index contributed by atoms with van der Waals surface area (Å²) in [6, 6.07) is 0. The van der Waals surface area contributed by atoms with Crippen LogP contribution in [0.2, 0.25) is 0 Å². The second-order valence-corrected chi connectivity index (χ2v) is 3.97. The van der Waals surface area contributed by atoms with Crippen molar-refractivity contribution < 1.29 is 32.6 Å². The molecule has 0 saturated carbocycles. The van der Waals surface area contributed by atoms with Gasteiger partial charge < -0.3 is 19.0 Å². The van der Waals surface area contributed by atoms with Gasteiger partial charge in [-0.2, -0.15) is 5.90 Å². The predicted octanol–water partition coefficient (Wildman–Crippen LogP) is -0.102. The van der Waals surface area contributed by atoms with Crippen molar-refractivity contribution in [2.75, 3.05) is 20.3 Å². The van der Waals surface area contributed by atoms with Crippen LogP contribution in [0.25, 0.3) is 0 Å². The van der Waals surface area contributed by atoms with E-state index >= 15 is 0 Å². The van der Waals surface area contributed by atoms with Crippen molar-refractivity contribution in [3.05, 3.63) is 0 Å². The second-order valence-electron chi connectivity index (χ2n) is 3.97. The van der Waals surface area contributed by atoms with E-state index in [1.807, 2.05) is 0 Å². The lowest BCUT2D eigenvalue weighted by molar-refractivity contribution is -0.204. The number of alkyl halides is 2. The first-order valence-electron chi connectivity index (χ1n) is 5.45. The van der Waals surface area contributed by atoms with Crippen molar-refractivity contribution in [3.63, 3.8) is 0 Å². The van der Waals surface area contributed by atoms with Crippen LogP contribution in [0.3, 0.4) is 0 Å². The minimum Gasteiger partial charge on any atom is -0.375 e.